The zero-order chi connectivity index (χ0) is 12.8. The lowest BCUT2D eigenvalue weighted by molar-refractivity contribution is 0.0949. The first-order valence-corrected chi connectivity index (χ1v) is 6.61. The van der Waals surface area contributed by atoms with Gasteiger partial charge >= 0.3 is 0 Å². The molecule has 0 bridgehead atoms. The monoisotopic (exact) mass is 367 g/mol. The summed E-state index contributed by atoms with van der Waals surface area (Å²) < 4.78 is 18.5. The van der Waals surface area contributed by atoms with E-state index >= 15 is 0 Å². The summed E-state index contributed by atoms with van der Waals surface area (Å²) in [6.45, 7) is 0.916. The van der Waals surface area contributed by atoms with Crippen LogP contribution >= 0.6 is 31.9 Å². The minimum atomic E-state index is -0.454. The maximum atomic E-state index is 13.2. The second-order valence-corrected chi connectivity index (χ2v) is 5.54. The van der Waals surface area contributed by atoms with Crippen molar-refractivity contribution in [3.8, 4) is 0 Å². The highest BCUT2D eigenvalue weighted by atomic mass is 79.9. The van der Waals surface area contributed by atoms with E-state index in [1.54, 1.807) is 13.2 Å². The smallest absolute Gasteiger partial charge is 0.251 e. The maximum absolute atomic E-state index is 13.2. The van der Waals surface area contributed by atoms with Crippen molar-refractivity contribution in [2.75, 3.05) is 20.3 Å². The SMILES string of the molecule is COCC(Br)CNC(=O)c1ccc(Br)c(F)c1. The van der Waals surface area contributed by atoms with Gasteiger partial charge in [0.1, 0.15) is 5.82 Å². The molecule has 0 aromatic heterocycles. The molecule has 1 rings (SSSR count). The lowest BCUT2D eigenvalue weighted by Gasteiger charge is -2.10. The van der Waals surface area contributed by atoms with E-state index in [0.717, 1.165) is 0 Å². The number of carbonyl (C=O) groups excluding carboxylic acids is 1. The largest absolute Gasteiger partial charge is 0.383 e. The van der Waals surface area contributed by atoms with Crippen molar-refractivity contribution in [1.29, 1.82) is 0 Å². The third-order valence-electron chi connectivity index (χ3n) is 2.01. The summed E-state index contributed by atoms with van der Waals surface area (Å²) in [5, 5.41) is 2.68. The molecule has 1 aromatic carbocycles. The molecule has 0 saturated carbocycles. The van der Waals surface area contributed by atoms with Crippen LogP contribution in [-0.4, -0.2) is 31.0 Å². The van der Waals surface area contributed by atoms with Crippen LogP contribution < -0.4 is 5.32 Å². The van der Waals surface area contributed by atoms with Crippen molar-refractivity contribution in [3.05, 3.63) is 34.1 Å². The molecule has 0 aliphatic heterocycles. The molecular weight excluding hydrogens is 357 g/mol. The van der Waals surface area contributed by atoms with Gasteiger partial charge in [-0.3, -0.25) is 4.79 Å². The predicted octanol–water partition coefficient (Wildman–Crippen LogP) is 2.73. The Morgan fingerprint density at radius 2 is 2.29 bits per heavy atom. The average molecular weight is 369 g/mol. The Morgan fingerprint density at radius 1 is 1.59 bits per heavy atom. The highest BCUT2D eigenvalue weighted by molar-refractivity contribution is 9.10. The number of nitrogens with one attached hydrogen (secondary N) is 1. The number of methoxy groups -OCH3 is 1. The first kappa shape index (κ1) is 14.6. The van der Waals surface area contributed by atoms with Crippen LogP contribution in [0.5, 0.6) is 0 Å². The Bertz CT molecular complexity index is 401. The summed E-state index contributed by atoms with van der Waals surface area (Å²) >= 11 is 6.37. The standard InChI is InChI=1S/C11H12Br2FNO2/c1-17-6-8(12)5-15-11(16)7-2-3-9(13)10(14)4-7/h2-4,8H,5-6H2,1H3,(H,15,16). The second-order valence-electron chi connectivity index (χ2n) is 3.39. The molecule has 17 heavy (non-hydrogen) atoms. The van der Waals surface area contributed by atoms with Crippen LogP contribution in [0.15, 0.2) is 22.7 Å². The van der Waals surface area contributed by atoms with Crippen molar-refractivity contribution in [1.82, 2.24) is 5.32 Å². The van der Waals surface area contributed by atoms with E-state index in [4.69, 9.17) is 4.74 Å². The minimum absolute atomic E-state index is 0.0387. The number of amides is 1. The molecule has 6 heteroatoms. The van der Waals surface area contributed by atoms with Crippen LogP contribution in [0.1, 0.15) is 10.4 Å². The molecule has 0 heterocycles. The highest BCUT2D eigenvalue weighted by Crippen LogP contribution is 2.16. The summed E-state index contributed by atoms with van der Waals surface area (Å²) in [5.41, 5.74) is 0.294. The number of benzene rings is 1. The van der Waals surface area contributed by atoms with Gasteiger partial charge in [-0.15, -0.1) is 0 Å². The van der Waals surface area contributed by atoms with Crippen LogP contribution in [-0.2, 0) is 4.74 Å². The summed E-state index contributed by atoms with van der Waals surface area (Å²) in [5.74, 6) is -0.762. The summed E-state index contributed by atoms with van der Waals surface area (Å²) in [4.78, 5) is 11.7. The van der Waals surface area contributed by atoms with Gasteiger partial charge in [0.05, 0.1) is 15.9 Å². The third kappa shape index (κ3) is 4.73. The van der Waals surface area contributed by atoms with E-state index in [0.29, 0.717) is 23.2 Å². The van der Waals surface area contributed by atoms with Gasteiger partial charge in [-0.2, -0.15) is 0 Å². The highest BCUT2D eigenvalue weighted by Gasteiger charge is 2.10. The molecule has 1 amide bonds. The minimum Gasteiger partial charge on any atom is -0.383 e. The van der Waals surface area contributed by atoms with Crippen molar-refractivity contribution in [3.63, 3.8) is 0 Å². The molecule has 94 valence electrons. The van der Waals surface area contributed by atoms with Gasteiger partial charge in [0, 0.05) is 19.2 Å². The normalized spacial score (nSPS) is 12.2. The third-order valence-corrected chi connectivity index (χ3v) is 3.24. The number of hydrogen-bond acceptors (Lipinski definition) is 2. The van der Waals surface area contributed by atoms with Crippen LogP contribution in [0.4, 0.5) is 4.39 Å². The molecule has 1 unspecified atom stereocenters. The van der Waals surface area contributed by atoms with Gasteiger partial charge in [0.25, 0.3) is 5.91 Å². The van der Waals surface area contributed by atoms with Crippen molar-refractivity contribution in [2.24, 2.45) is 0 Å². The molecule has 1 atom stereocenters. The quantitative estimate of drug-likeness (QED) is 0.811. The first-order valence-electron chi connectivity index (χ1n) is 4.91. The Balaban J connectivity index is 2.55. The van der Waals surface area contributed by atoms with Gasteiger partial charge in [-0.1, -0.05) is 15.9 Å². The Labute approximate surface area is 116 Å². The fourth-order valence-corrected chi connectivity index (χ4v) is 1.86. The molecule has 0 aliphatic carbocycles. The van der Waals surface area contributed by atoms with Gasteiger partial charge in [-0.05, 0) is 34.1 Å². The fourth-order valence-electron chi connectivity index (χ4n) is 1.18. The molecule has 0 spiro atoms. The van der Waals surface area contributed by atoms with Crippen molar-refractivity contribution >= 4 is 37.8 Å². The number of hydrogen-bond donors (Lipinski definition) is 1. The Hall–Kier alpha value is -0.460. The first-order chi connectivity index (χ1) is 8.04. The van der Waals surface area contributed by atoms with Gasteiger partial charge in [0.15, 0.2) is 0 Å². The molecule has 0 aliphatic rings. The Kier molecular flexibility index (Phi) is 6.08. The van der Waals surface area contributed by atoms with Crippen LogP contribution in [0.2, 0.25) is 0 Å². The average Bonchev–Trinajstić information content (AvgIpc) is 2.30. The topological polar surface area (TPSA) is 38.3 Å². The molecule has 3 nitrogen and oxygen atoms in total. The van der Waals surface area contributed by atoms with Crippen LogP contribution in [0.3, 0.4) is 0 Å². The van der Waals surface area contributed by atoms with E-state index in [-0.39, 0.29) is 10.7 Å². The summed E-state index contributed by atoms with van der Waals surface area (Å²) in [7, 11) is 1.58. The number of halogens is 3. The van der Waals surface area contributed by atoms with E-state index < -0.39 is 5.82 Å². The number of carbonyl (C=O) groups is 1. The number of alkyl halides is 1. The van der Waals surface area contributed by atoms with Gasteiger partial charge in [-0.25, -0.2) is 4.39 Å². The second kappa shape index (κ2) is 7.08. The fraction of sp³-hybridized carbons (Fsp3) is 0.364. The lowest BCUT2D eigenvalue weighted by atomic mass is 10.2. The van der Waals surface area contributed by atoms with E-state index in [2.05, 4.69) is 37.2 Å². The van der Waals surface area contributed by atoms with Gasteiger partial charge < -0.3 is 10.1 Å². The molecule has 1 aromatic rings. The lowest BCUT2D eigenvalue weighted by Crippen LogP contribution is -2.31. The van der Waals surface area contributed by atoms with Crippen LogP contribution in [0.25, 0.3) is 0 Å². The maximum Gasteiger partial charge on any atom is 0.251 e. The summed E-state index contributed by atoms with van der Waals surface area (Å²) in [6.07, 6.45) is 0. The molecular formula is C11H12Br2FNO2. The molecule has 1 N–H and O–H groups in total. The van der Waals surface area contributed by atoms with E-state index in [1.807, 2.05) is 0 Å². The molecule has 0 fully saturated rings. The molecule has 0 saturated heterocycles. The zero-order valence-electron chi connectivity index (χ0n) is 9.17. The Morgan fingerprint density at radius 3 is 2.88 bits per heavy atom. The van der Waals surface area contributed by atoms with Crippen LogP contribution in [0, 0.1) is 5.82 Å². The van der Waals surface area contributed by atoms with Crippen molar-refractivity contribution in [2.45, 2.75) is 4.83 Å². The van der Waals surface area contributed by atoms with E-state index in [1.165, 1.54) is 12.1 Å². The predicted molar refractivity (Wildman–Crippen MR) is 71.0 cm³/mol. The number of rotatable bonds is 5. The zero-order valence-corrected chi connectivity index (χ0v) is 12.3. The van der Waals surface area contributed by atoms with E-state index in [9.17, 15) is 9.18 Å². The van der Waals surface area contributed by atoms with Gasteiger partial charge in [0.2, 0.25) is 0 Å². The number of ether oxygens (including phenoxy) is 1. The van der Waals surface area contributed by atoms with Crippen molar-refractivity contribution < 1.29 is 13.9 Å². The molecule has 0 radical (unpaired) electrons. The summed E-state index contributed by atoms with van der Waals surface area (Å²) in [6, 6.07) is 4.26.